The summed E-state index contributed by atoms with van der Waals surface area (Å²) in [6.45, 7) is 4.02. The highest BCUT2D eigenvalue weighted by molar-refractivity contribution is 7.89. The van der Waals surface area contributed by atoms with E-state index in [1.807, 2.05) is 19.2 Å². The first kappa shape index (κ1) is 16.4. The summed E-state index contributed by atoms with van der Waals surface area (Å²) in [5.41, 5.74) is 1.06. The highest BCUT2D eigenvalue weighted by Crippen LogP contribution is 2.20. The van der Waals surface area contributed by atoms with Crippen molar-refractivity contribution < 1.29 is 8.42 Å². The third kappa shape index (κ3) is 4.03. The number of nitrogens with one attached hydrogen (secondary N) is 1. The summed E-state index contributed by atoms with van der Waals surface area (Å²) in [6.07, 6.45) is 1.20. The van der Waals surface area contributed by atoms with Crippen molar-refractivity contribution in [1.82, 2.24) is 14.5 Å². The summed E-state index contributed by atoms with van der Waals surface area (Å²) in [5, 5.41) is 3.22. The molecule has 1 atom stereocenters. The van der Waals surface area contributed by atoms with Crippen LogP contribution in [0.25, 0.3) is 0 Å². The number of nitrogens with zero attached hydrogens (tertiary/aromatic N) is 2. The third-order valence-electron chi connectivity index (χ3n) is 3.95. The van der Waals surface area contributed by atoms with Gasteiger partial charge in [0.25, 0.3) is 0 Å². The van der Waals surface area contributed by atoms with Gasteiger partial charge in [-0.2, -0.15) is 0 Å². The average Bonchev–Trinajstić information content (AvgIpc) is 2.86. The van der Waals surface area contributed by atoms with Crippen molar-refractivity contribution >= 4 is 10.0 Å². The van der Waals surface area contributed by atoms with E-state index >= 15 is 0 Å². The molecule has 0 aromatic heterocycles. The van der Waals surface area contributed by atoms with E-state index in [4.69, 9.17) is 0 Å². The fraction of sp³-hybridized carbons (Fsp3) is 0.600. The molecule has 1 aromatic carbocycles. The van der Waals surface area contributed by atoms with Gasteiger partial charge in [0.2, 0.25) is 10.0 Å². The molecule has 0 radical (unpaired) electrons. The van der Waals surface area contributed by atoms with E-state index in [0.29, 0.717) is 10.8 Å². The summed E-state index contributed by atoms with van der Waals surface area (Å²) in [4.78, 5) is 2.76. The fourth-order valence-electron chi connectivity index (χ4n) is 2.79. The second kappa shape index (κ2) is 6.87. The molecule has 1 aromatic rings. The SMILES string of the molecule is CNCC1CCN(Cc2cccc(S(=O)(=O)N(C)C)c2)C1. The summed E-state index contributed by atoms with van der Waals surface area (Å²) < 4.78 is 25.6. The maximum atomic E-state index is 12.2. The van der Waals surface area contributed by atoms with Crippen LogP contribution >= 0.6 is 0 Å². The molecule has 1 saturated heterocycles. The van der Waals surface area contributed by atoms with E-state index in [2.05, 4.69) is 10.2 Å². The number of likely N-dealkylation sites (tertiary alicyclic amines) is 1. The van der Waals surface area contributed by atoms with Gasteiger partial charge in [0.05, 0.1) is 4.90 Å². The highest BCUT2D eigenvalue weighted by atomic mass is 32.2. The van der Waals surface area contributed by atoms with Crippen LogP contribution in [0.4, 0.5) is 0 Å². The quantitative estimate of drug-likeness (QED) is 0.851. The minimum absolute atomic E-state index is 0.371. The first-order chi connectivity index (χ1) is 9.93. The lowest BCUT2D eigenvalue weighted by Crippen LogP contribution is -2.25. The minimum Gasteiger partial charge on any atom is -0.319 e. The van der Waals surface area contributed by atoms with Gasteiger partial charge in [-0.05, 0) is 50.2 Å². The molecule has 21 heavy (non-hydrogen) atoms. The minimum atomic E-state index is -3.35. The van der Waals surface area contributed by atoms with Crippen LogP contribution in [0.5, 0.6) is 0 Å². The summed E-state index contributed by atoms with van der Waals surface area (Å²) in [5.74, 6) is 0.698. The zero-order valence-electron chi connectivity index (χ0n) is 13.0. The molecule has 1 aliphatic rings. The first-order valence-electron chi connectivity index (χ1n) is 7.32. The Hall–Kier alpha value is -0.950. The summed E-state index contributed by atoms with van der Waals surface area (Å²) in [7, 11) is 1.76. The van der Waals surface area contributed by atoms with Crippen LogP contribution in [0.2, 0.25) is 0 Å². The Kier molecular flexibility index (Phi) is 5.37. The lowest BCUT2D eigenvalue weighted by atomic mass is 10.1. The van der Waals surface area contributed by atoms with Crippen molar-refractivity contribution in [2.75, 3.05) is 40.8 Å². The van der Waals surface area contributed by atoms with Crippen molar-refractivity contribution in [2.45, 2.75) is 17.9 Å². The molecule has 2 rings (SSSR count). The van der Waals surface area contributed by atoms with Crippen molar-refractivity contribution in [3.05, 3.63) is 29.8 Å². The van der Waals surface area contributed by atoms with Crippen molar-refractivity contribution in [3.8, 4) is 0 Å². The standard InChI is InChI=1S/C15H25N3O2S/c1-16-10-14-7-8-18(12-14)11-13-5-4-6-15(9-13)21(19,20)17(2)3/h4-6,9,14,16H,7-8,10-12H2,1-3H3. The lowest BCUT2D eigenvalue weighted by Gasteiger charge is -2.17. The number of hydrogen-bond acceptors (Lipinski definition) is 4. The molecule has 0 spiro atoms. The van der Waals surface area contributed by atoms with Gasteiger partial charge in [0.1, 0.15) is 0 Å². The van der Waals surface area contributed by atoms with Gasteiger partial charge in [-0.3, -0.25) is 4.90 Å². The highest BCUT2D eigenvalue weighted by Gasteiger charge is 2.22. The molecule has 1 aliphatic heterocycles. The number of sulfonamides is 1. The van der Waals surface area contributed by atoms with E-state index in [1.54, 1.807) is 26.2 Å². The zero-order chi connectivity index (χ0) is 15.5. The topological polar surface area (TPSA) is 52.7 Å². The molecular formula is C15H25N3O2S. The first-order valence-corrected chi connectivity index (χ1v) is 8.76. The van der Waals surface area contributed by atoms with Crippen LogP contribution < -0.4 is 5.32 Å². The number of hydrogen-bond donors (Lipinski definition) is 1. The molecule has 1 unspecified atom stereocenters. The Morgan fingerprint density at radius 2 is 2.14 bits per heavy atom. The largest absolute Gasteiger partial charge is 0.319 e. The predicted molar refractivity (Wildman–Crippen MR) is 84.6 cm³/mol. The lowest BCUT2D eigenvalue weighted by molar-refractivity contribution is 0.315. The van der Waals surface area contributed by atoms with Crippen molar-refractivity contribution in [3.63, 3.8) is 0 Å². The van der Waals surface area contributed by atoms with Gasteiger partial charge in [-0.15, -0.1) is 0 Å². The molecule has 1 fully saturated rings. The second-order valence-electron chi connectivity index (χ2n) is 5.88. The van der Waals surface area contributed by atoms with Crippen LogP contribution in [0.1, 0.15) is 12.0 Å². The van der Waals surface area contributed by atoms with Gasteiger partial charge in [-0.1, -0.05) is 12.1 Å². The molecule has 0 bridgehead atoms. The smallest absolute Gasteiger partial charge is 0.242 e. The molecule has 6 heteroatoms. The summed E-state index contributed by atoms with van der Waals surface area (Å²) in [6, 6.07) is 7.28. The number of rotatable bonds is 6. The molecule has 1 N–H and O–H groups in total. The Labute approximate surface area is 128 Å². The van der Waals surface area contributed by atoms with E-state index in [-0.39, 0.29) is 0 Å². The molecule has 0 aliphatic carbocycles. The summed E-state index contributed by atoms with van der Waals surface area (Å²) >= 11 is 0. The van der Waals surface area contributed by atoms with E-state index in [9.17, 15) is 8.42 Å². The van der Waals surface area contributed by atoms with Gasteiger partial charge in [0.15, 0.2) is 0 Å². The molecule has 0 amide bonds. The van der Waals surface area contributed by atoms with Gasteiger partial charge >= 0.3 is 0 Å². The zero-order valence-corrected chi connectivity index (χ0v) is 13.9. The van der Waals surface area contributed by atoms with E-state index in [0.717, 1.165) is 31.7 Å². The Morgan fingerprint density at radius 1 is 1.38 bits per heavy atom. The van der Waals surface area contributed by atoms with Gasteiger partial charge < -0.3 is 5.32 Å². The Balaban J connectivity index is 2.06. The normalized spacial score (nSPS) is 20.3. The Morgan fingerprint density at radius 3 is 2.81 bits per heavy atom. The molecule has 5 nitrogen and oxygen atoms in total. The molecule has 1 heterocycles. The van der Waals surface area contributed by atoms with Gasteiger partial charge in [0, 0.05) is 27.2 Å². The van der Waals surface area contributed by atoms with Crippen molar-refractivity contribution in [1.29, 1.82) is 0 Å². The predicted octanol–water partition coefficient (Wildman–Crippen LogP) is 0.978. The fourth-order valence-corrected chi connectivity index (χ4v) is 3.76. The Bertz CT molecular complexity index is 572. The second-order valence-corrected chi connectivity index (χ2v) is 8.03. The van der Waals surface area contributed by atoms with Crippen LogP contribution in [0, 0.1) is 5.92 Å². The molecular weight excluding hydrogens is 286 g/mol. The average molecular weight is 311 g/mol. The van der Waals surface area contributed by atoms with E-state index in [1.165, 1.54) is 10.7 Å². The molecule has 118 valence electrons. The van der Waals surface area contributed by atoms with Crippen LogP contribution in [0.15, 0.2) is 29.2 Å². The van der Waals surface area contributed by atoms with Crippen LogP contribution in [-0.4, -0.2) is 58.4 Å². The maximum Gasteiger partial charge on any atom is 0.242 e. The van der Waals surface area contributed by atoms with Crippen molar-refractivity contribution in [2.24, 2.45) is 5.92 Å². The van der Waals surface area contributed by atoms with E-state index < -0.39 is 10.0 Å². The van der Waals surface area contributed by atoms with Crippen LogP contribution in [0.3, 0.4) is 0 Å². The van der Waals surface area contributed by atoms with Crippen LogP contribution in [-0.2, 0) is 16.6 Å². The van der Waals surface area contributed by atoms with Gasteiger partial charge in [-0.25, -0.2) is 12.7 Å². The maximum absolute atomic E-state index is 12.2. The molecule has 0 saturated carbocycles. The monoisotopic (exact) mass is 311 g/mol. The number of benzene rings is 1. The third-order valence-corrected chi connectivity index (χ3v) is 5.76.